The van der Waals surface area contributed by atoms with E-state index in [0.717, 1.165) is 24.2 Å². The second kappa shape index (κ2) is 8.14. The van der Waals surface area contributed by atoms with Crippen molar-refractivity contribution >= 4 is 17.3 Å². The number of esters is 1. The Hall–Kier alpha value is -2.67. The highest BCUT2D eigenvalue weighted by Crippen LogP contribution is 2.31. The van der Waals surface area contributed by atoms with Gasteiger partial charge in [0.1, 0.15) is 10.6 Å². The third kappa shape index (κ3) is 3.94. The van der Waals surface area contributed by atoms with Gasteiger partial charge in [-0.2, -0.15) is 0 Å². The van der Waals surface area contributed by atoms with E-state index in [1.54, 1.807) is 25.4 Å². The topological polar surface area (TPSA) is 74.5 Å². The lowest BCUT2D eigenvalue weighted by Gasteiger charge is -2.08. The van der Waals surface area contributed by atoms with Gasteiger partial charge >= 0.3 is 5.97 Å². The van der Waals surface area contributed by atoms with Crippen LogP contribution in [0.1, 0.15) is 58.3 Å². The smallest absolute Gasteiger partial charge is 0.349 e. The van der Waals surface area contributed by atoms with E-state index in [1.807, 2.05) is 30.3 Å². The molecule has 146 valence electrons. The fourth-order valence-corrected chi connectivity index (χ4v) is 4.42. The molecule has 0 spiro atoms. The number of fused-ring (bicyclic) bond motifs is 1. The first-order chi connectivity index (χ1) is 13.6. The fraction of sp³-hybridized carbons (Fsp3) is 0.381. The Morgan fingerprint density at radius 2 is 1.93 bits per heavy atom. The zero-order valence-corrected chi connectivity index (χ0v) is 16.8. The van der Waals surface area contributed by atoms with Crippen molar-refractivity contribution in [3.8, 4) is 17.2 Å². The van der Waals surface area contributed by atoms with Crippen molar-refractivity contribution in [1.82, 2.24) is 10.2 Å². The number of hydrogen-bond acceptors (Lipinski definition) is 7. The summed E-state index contributed by atoms with van der Waals surface area (Å²) >= 11 is 1.55. The molecule has 6 nitrogen and oxygen atoms in total. The van der Waals surface area contributed by atoms with Crippen molar-refractivity contribution < 1.29 is 18.7 Å². The largest absolute Gasteiger partial charge is 0.497 e. The summed E-state index contributed by atoms with van der Waals surface area (Å²) in [6.07, 6.45) is 5.11. The van der Waals surface area contributed by atoms with Gasteiger partial charge in [0.05, 0.1) is 7.11 Å². The molecule has 1 aliphatic rings. The van der Waals surface area contributed by atoms with Crippen LogP contribution >= 0.6 is 11.3 Å². The molecule has 2 aromatic heterocycles. The van der Waals surface area contributed by atoms with Crippen LogP contribution in [-0.4, -0.2) is 23.3 Å². The van der Waals surface area contributed by atoms with Crippen LogP contribution in [0.5, 0.6) is 5.75 Å². The van der Waals surface area contributed by atoms with Gasteiger partial charge in [-0.05, 0) is 68.5 Å². The third-order valence-electron chi connectivity index (χ3n) is 4.86. The monoisotopic (exact) mass is 398 g/mol. The van der Waals surface area contributed by atoms with Gasteiger partial charge in [0.25, 0.3) is 5.89 Å². The van der Waals surface area contributed by atoms with E-state index in [1.165, 1.54) is 29.7 Å². The summed E-state index contributed by atoms with van der Waals surface area (Å²) in [5, 5.41) is 8.10. The Bertz CT molecular complexity index is 938. The molecule has 0 amide bonds. The SMILES string of the molecule is COc1ccc(-c2nnc([C@H](C)OC(=O)c3cc4c(s3)CCCCC4)o2)cc1. The molecule has 1 atom stereocenters. The molecule has 28 heavy (non-hydrogen) atoms. The van der Waals surface area contributed by atoms with Crippen LogP contribution in [-0.2, 0) is 17.6 Å². The molecule has 0 radical (unpaired) electrons. The van der Waals surface area contributed by atoms with E-state index in [9.17, 15) is 4.79 Å². The average Bonchev–Trinajstić information content (AvgIpc) is 3.31. The van der Waals surface area contributed by atoms with Crippen LogP contribution < -0.4 is 4.74 Å². The van der Waals surface area contributed by atoms with Gasteiger partial charge in [0, 0.05) is 10.4 Å². The molecule has 4 rings (SSSR count). The first kappa shape index (κ1) is 18.7. The predicted molar refractivity (Wildman–Crippen MR) is 106 cm³/mol. The molecule has 0 N–H and O–H groups in total. The molecule has 0 aliphatic heterocycles. The van der Waals surface area contributed by atoms with Gasteiger partial charge in [-0.25, -0.2) is 4.79 Å². The zero-order chi connectivity index (χ0) is 19.5. The van der Waals surface area contributed by atoms with Gasteiger partial charge in [-0.1, -0.05) is 6.42 Å². The first-order valence-corrected chi connectivity index (χ1v) is 10.3. The highest BCUT2D eigenvalue weighted by Gasteiger charge is 2.23. The van der Waals surface area contributed by atoms with Crippen LogP contribution in [0.15, 0.2) is 34.7 Å². The normalized spacial score (nSPS) is 14.8. The molecular weight excluding hydrogens is 376 g/mol. The second-order valence-electron chi connectivity index (χ2n) is 6.84. The summed E-state index contributed by atoms with van der Waals surface area (Å²) in [6, 6.07) is 9.31. The molecule has 0 saturated carbocycles. The van der Waals surface area contributed by atoms with Crippen molar-refractivity contribution in [2.24, 2.45) is 0 Å². The van der Waals surface area contributed by atoms with Crippen LogP contribution in [0.2, 0.25) is 0 Å². The number of thiophene rings is 1. The maximum atomic E-state index is 12.6. The van der Waals surface area contributed by atoms with Gasteiger partial charge < -0.3 is 13.9 Å². The molecule has 3 aromatic rings. The number of nitrogens with zero attached hydrogens (tertiary/aromatic N) is 2. The third-order valence-corrected chi connectivity index (χ3v) is 6.07. The van der Waals surface area contributed by atoms with Gasteiger partial charge in [0.2, 0.25) is 5.89 Å². The van der Waals surface area contributed by atoms with Crippen LogP contribution in [0.4, 0.5) is 0 Å². The molecule has 0 saturated heterocycles. The summed E-state index contributed by atoms with van der Waals surface area (Å²) in [5.41, 5.74) is 2.07. The number of aromatic nitrogens is 2. The Kier molecular flexibility index (Phi) is 5.43. The quantitative estimate of drug-likeness (QED) is 0.445. The second-order valence-corrected chi connectivity index (χ2v) is 7.98. The van der Waals surface area contributed by atoms with Crippen LogP contribution in [0.25, 0.3) is 11.5 Å². The predicted octanol–water partition coefficient (Wildman–Crippen LogP) is 4.99. The van der Waals surface area contributed by atoms with Crippen LogP contribution in [0.3, 0.4) is 0 Å². The van der Waals surface area contributed by atoms with E-state index in [0.29, 0.717) is 10.8 Å². The molecule has 1 aromatic carbocycles. The standard InChI is InChI=1S/C21H22N2O4S/c1-13(19-22-23-20(27-19)14-8-10-16(25-2)11-9-14)26-21(24)18-12-15-6-4-3-5-7-17(15)28-18/h8-13H,3-7H2,1-2H3/t13-/m0/s1. The van der Waals surface area contributed by atoms with E-state index < -0.39 is 6.10 Å². The number of rotatable bonds is 5. The minimum atomic E-state index is -0.617. The van der Waals surface area contributed by atoms with Gasteiger partial charge in [-0.15, -0.1) is 21.5 Å². The lowest BCUT2D eigenvalue weighted by atomic mass is 10.1. The molecule has 0 bridgehead atoms. The maximum Gasteiger partial charge on any atom is 0.349 e. The lowest BCUT2D eigenvalue weighted by molar-refractivity contribution is 0.0285. The van der Waals surface area contributed by atoms with Gasteiger partial charge in [0.15, 0.2) is 6.10 Å². The molecular formula is C21H22N2O4S. The number of ether oxygens (including phenoxy) is 2. The Morgan fingerprint density at radius 1 is 1.14 bits per heavy atom. The van der Waals surface area contributed by atoms with Crippen molar-refractivity contribution in [3.63, 3.8) is 0 Å². The minimum Gasteiger partial charge on any atom is -0.497 e. The fourth-order valence-electron chi connectivity index (χ4n) is 3.29. The zero-order valence-electron chi connectivity index (χ0n) is 15.9. The summed E-state index contributed by atoms with van der Waals surface area (Å²) in [4.78, 5) is 14.5. The summed E-state index contributed by atoms with van der Waals surface area (Å²) in [6.45, 7) is 1.74. The van der Waals surface area contributed by atoms with Crippen molar-refractivity contribution in [1.29, 1.82) is 0 Å². The molecule has 0 unspecified atom stereocenters. The van der Waals surface area contributed by atoms with Gasteiger partial charge in [-0.3, -0.25) is 0 Å². The number of aryl methyl sites for hydroxylation is 2. The van der Waals surface area contributed by atoms with Crippen LogP contribution in [0, 0.1) is 0 Å². The van der Waals surface area contributed by atoms with E-state index >= 15 is 0 Å². The van der Waals surface area contributed by atoms with E-state index in [2.05, 4.69) is 10.2 Å². The maximum absolute atomic E-state index is 12.6. The number of carbonyl (C=O) groups is 1. The summed E-state index contributed by atoms with van der Waals surface area (Å²) < 4.78 is 16.4. The van der Waals surface area contributed by atoms with Crippen molar-refractivity contribution in [2.45, 2.75) is 45.1 Å². The molecule has 0 fully saturated rings. The highest BCUT2D eigenvalue weighted by molar-refractivity contribution is 7.14. The summed E-state index contributed by atoms with van der Waals surface area (Å²) in [5.74, 6) is 1.07. The number of benzene rings is 1. The number of carbonyl (C=O) groups excluding carboxylic acids is 1. The highest BCUT2D eigenvalue weighted by atomic mass is 32.1. The Balaban J connectivity index is 1.44. The first-order valence-electron chi connectivity index (χ1n) is 9.44. The number of hydrogen-bond donors (Lipinski definition) is 0. The minimum absolute atomic E-state index is 0.275. The Labute approximate surface area is 167 Å². The van der Waals surface area contributed by atoms with E-state index in [-0.39, 0.29) is 11.9 Å². The van der Waals surface area contributed by atoms with Crippen molar-refractivity contribution in [3.05, 3.63) is 51.5 Å². The number of methoxy groups -OCH3 is 1. The average molecular weight is 398 g/mol. The van der Waals surface area contributed by atoms with E-state index in [4.69, 9.17) is 13.9 Å². The molecule has 7 heteroatoms. The molecule has 1 aliphatic carbocycles. The molecule has 2 heterocycles. The Morgan fingerprint density at radius 3 is 2.71 bits per heavy atom. The van der Waals surface area contributed by atoms with Crippen molar-refractivity contribution in [2.75, 3.05) is 7.11 Å². The lowest BCUT2D eigenvalue weighted by Crippen LogP contribution is -2.08. The summed E-state index contributed by atoms with van der Waals surface area (Å²) in [7, 11) is 1.61.